The summed E-state index contributed by atoms with van der Waals surface area (Å²) in [7, 11) is 0. The van der Waals surface area contributed by atoms with Gasteiger partial charge in [-0.05, 0) is 35.2 Å². The predicted octanol–water partition coefficient (Wildman–Crippen LogP) is 4.29. The summed E-state index contributed by atoms with van der Waals surface area (Å²) in [6, 6.07) is 18.6. The number of rotatable bonds is 9. The van der Waals surface area contributed by atoms with E-state index in [9.17, 15) is 9.59 Å². The normalized spacial score (nSPS) is 11.2. The van der Waals surface area contributed by atoms with Gasteiger partial charge in [0.1, 0.15) is 12.4 Å². The van der Waals surface area contributed by atoms with Gasteiger partial charge in [-0.15, -0.1) is 0 Å². The number of furan rings is 1. The third kappa shape index (κ3) is 5.56. The van der Waals surface area contributed by atoms with E-state index >= 15 is 0 Å². The number of hydrogen-bond donors (Lipinski definition) is 1. The van der Waals surface area contributed by atoms with E-state index in [-0.39, 0.29) is 23.1 Å². The third-order valence-electron chi connectivity index (χ3n) is 5.16. The minimum absolute atomic E-state index is 0.182. The summed E-state index contributed by atoms with van der Waals surface area (Å²) in [6.07, 6.45) is 1.62. The molecule has 0 aliphatic carbocycles. The molecule has 1 amide bonds. The molecule has 2 aromatic heterocycles. The van der Waals surface area contributed by atoms with Crippen LogP contribution in [0.15, 0.2) is 76.1 Å². The van der Waals surface area contributed by atoms with Crippen LogP contribution in [-0.4, -0.2) is 15.7 Å². The molecule has 0 bridgehead atoms. The first-order chi connectivity index (χ1) is 16.0. The molecule has 2 aromatic carbocycles. The van der Waals surface area contributed by atoms with Crippen molar-refractivity contribution in [3.63, 3.8) is 0 Å². The van der Waals surface area contributed by atoms with Crippen LogP contribution < -0.4 is 10.9 Å². The van der Waals surface area contributed by atoms with Crippen LogP contribution in [0.1, 0.15) is 41.2 Å². The summed E-state index contributed by atoms with van der Waals surface area (Å²) in [4.78, 5) is 25.8. The van der Waals surface area contributed by atoms with Gasteiger partial charge in [0.05, 0.1) is 18.3 Å². The molecule has 0 spiro atoms. The number of nitrogens with zero attached hydrogens (tertiary/aromatic N) is 2. The lowest BCUT2D eigenvalue weighted by Gasteiger charge is -2.13. The van der Waals surface area contributed by atoms with Gasteiger partial charge in [0.2, 0.25) is 0 Å². The lowest BCUT2D eigenvalue weighted by Crippen LogP contribution is -2.31. The van der Waals surface area contributed by atoms with Crippen molar-refractivity contribution in [2.24, 2.45) is 5.92 Å². The van der Waals surface area contributed by atoms with E-state index in [1.165, 1.54) is 4.68 Å². The predicted molar refractivity (Wildman–Crippen MR) is 126 cm³/mol. The molecular formula is C26H27N3O4. The Morgan fingerprint density at radius 3 is 2.58 bits per heavy atom. The Kier molecular flexibility index (Phi) is 7.00. The van der Waals surface area contributed by atoms with E-state index in [2.05, 4.69) is 10.4 Å². The molecule has 0 fully saturated rings. The molecule has 4 rings (SSSR count). The zero-order chi connectivity index (χ0) is 23.2. The number of carbonyl (C=O) groups excluding carboxylic acids is 1. The van der Waals surface area contributed by atoms with Crippen molar-refractivity contribution >= 4 is 16.7 Å². The van der Waals surface area contributed by atoms with Gasteiger partial charge in [0, 0.05) is 18.5 Å². The number of benzene rings is 2. The van der Waals surface area contributed by atoms with Gasteiger partial charge in [-0.3, -0.25) is 9.59 Å². The Labute approximate surface area is 192 Å². The molecule has 7 nitrogen and oxygen atoms in total. The average molecular weight is 446 g/mol. The fraction of sp³-hybridized carbons (Fsp3) is 0.269. The number of aromatic nitrogens is 2. The van der Waals surface area contributed by atoms with Gasteiger partial charge >= 0.3 is 0 Å². The molecule has 1 N–H and O–H groups in total. The van der Waals surface area contributed by atoms with E-state index in [4.69, 9.17) is 9.15 Å². The van der Waals surface area contributed by atoms with E-state index in [1.54, 1.807) is 30.5 Å². The minimum atomic E-state index is -0.317. The third-order valence-corrected chi connectivity index (χ3v) is 5.16. The Hall–Kier alpha value is -3.71. The smallest absolute Gasteiger partial charge is 0.274 e. The Bertz CT molecular complexity index is 1290. The highest BCUT2D eigenvalue weighted by Gasteiger charge is 2.17. The monoisotopic (exact) mass is 445 g/mol. The van der Waals surface area contributed by atoms with Crippen molar-refractivity contribution in [2.45, 2.75) is 40.2 Å². The quantitative estimate of drug-likeness (QED) is 0.415. The second kappa shape index (κ2) is 10.3. The lowest BCUT2D eigenvalue weighted by atomic mass is 10.1. The summed E-state index contributed by atoms with van der Waals surface area (Å²) in [5, 5.41) is 8.39. The molecule has 2 heterocycles. The average Bonchev–Trinajstić information content (AvgIpc) is 3.33. The summed E-state index contributed by atoms with van der Waals surface area (Å²) in [5.74, 6) is 0.685. The van der Waals surface area contributed by atoms with Crippen molar-refractivity contribution in [3.8, 4) is 0 Å². The maximum absolute atomic E-state index is 13.0. The topological polar surface area (TPSA) is 86.4 Å². The highest BCUT2D eigenvalue weighted by atomic mass is 16.5. The Morgan fingerprint density at radius 1 is 1.03 bits per heavy atom. The van der Waals surface area contributed by atoms with E-state index < -0.39 is 0 Å². The molecule has 7 heteroatoms. The lowest BCUT2D eigenvalue weighted by molar-refractivity contribution is 0.0928. The van der Waals surface area contributed by atoms with Crippen molar-refractivity contribution in [3.05, 3.63) is 99.9 Å². The van der Waals surface area contributed by atoms with Crippen LogP contribution in [0, 0.1) is 5.92 Å². The highest BCUT2D eigenvalue weighted by Crippen LogP contribution is 2.15. The Balaban J connectivity index is 1.46. The van der Waals surface area contributed by atoms with Crippen LogP contribution in [0.3, 0.4) is 0 Å². The SMILES string of the molecule is CC(C)Cn1nc(C(=O)NCc2cccc(COCc3ccco3)c2)c2ccccc2c1=O. The van der Waals surface area contributed by atoms with Crippen LogP contribution in [0.25, 0.3) is 10.8 Å². The van der Waals surface area contributed by atoms with Crippen molar-refractivity contribution in [1.29, 1.82) is 0 Å². The molecule has 0 saturated carbocycles. The second-order valence-corrected chi connectivity index (χ2v) is 8.35. The number of nitrogens with one attached hydrogen (secondary N) is 1. The molecule has 0 aliphatic heterocycles. The molecule has 4 aromatic rings. The summed E-state index contributed by atoms with van der Waals surface area (Å²) >= 11 is 0. The van der Waals surface area contributed by atoms with Crippen LogP contribution in [0.5, 0.6) is 0 Å². The van der Waals surface area contributed by atoms with Gasteiger partial charge < -0.3 is 14.5 Å². The number of amides is 1. The van der Waals surface area contributed by atoms with Gasteiger partial charge in [0.25, 0.3) is 11.5 Å². The molecule has 0 aliphatic rings. The number of fused-ring (bicyclic) bond motifs is 1. The summed E-state index contributed by atoms with van der Waals surface area (Å²) < 4.78 is 12.4. The summed E-state index contributed by atoms with van der Waals surface area (Å²) in [6.45, 7) is 5.64. The maximum atomic E-state index is 13.0. The van der Waals surface area contributed by atoms with Crippen molar-refractivity contribution in [2.75, 3.05) is 0 Å². The van der Waals surface area contributed by atoms with E-state index in [0.29, 0.717) is 37.1 Å². The van der Waals surface area contributed by atoms with Crippen molar-refractivity contribution in [1.82, 2.24) is 15.1 Å². The van der Waals surface area contributed by atoms with Gasteiger partial charge in [-0.1, -0.05) is 56.3 Å². The maximum Gasteiger partial charge on any atom is 0.274 e. The molecule has 0 atom stereocenters. The van der Waals surface area contributed by atoms with E-state index in [0.717, 1.165) is 16.9 Å². The van der Waals surface area contributed by atoms with E-state index in [1.807, 2.05) is 50.2 Å². The van der Waals surface area contributed by atoms with Crippen LogP contribution in [-0.2, 0) is 31.0 Å². The van der Waals surface area contributed by atoms with Gasteiger partial charge in [-0.25, -0.2) is 4.68 Å². The number of ether oxygens (including phenoxy) is 1. The van der Waals surface area contributed by atoms with Gasteiger partial charge in [0.15, 0.2) is 5.69 Å². The van der Waals surface area contributed by atoms with Crippen LogP contribution in [0.4, 0.5) is 0 Å². The molecule has 33 heavy (non-hydrogen) atoms. The minimum Gasteiger partial charge on any atom is -0.467 e. The number of carbonyl (C=O) groups is 1. The standard InChI is InChI=1S/C26H27N3O4/c1-18(2)15-29-26(31)23-11-4-3-10-22(23)24(28-29)25(30)27-14-19-7-5-8-20(13-19)16-32-17-21-9-6-12-33-21/h3-13,18H,14-17H2,1-2H3,(H,27,30). The summed E-state index contributed by atoms with van der Waals surface area (Å²) in [5.41, 5.74) is 2.02. The molecule has 0 radical (unpaired) electrons. The molecule has 170 valence electrons. The first-order valence-electron chi connectivity index (χ1n) is 11.0. The molecular weight excluding hydrogens is 418 g/mol. The second-order valence-electron chi connectivity index (χ2n) is 8.35. The first kappa shape index (κ1) is 22.5. The highest BCUT2D eigenvalue weighted by molar-refractivity contribution is 6.04. The van der Waals surface area contributed by atoms with Crippen LogP contribution in [0.2, 0.25) is 0 Å². The molecule has 0 unspecified atom stereocenters. The largest absolute Gasteiger partial charge is 0.467 e. The fourth-order valence-electron chi connectivity index (χ4n) is 3.63. The van der Waals surface area contributed by atoms with Gasteiger partial charge in [-0.2, -0.15) is 5.10 Å². The van der Waals surface area contributed by atoms with Crippen LogP contribution >= 0.6 is 0 Å². The fourth-order valence-corrected chi connectivity index (χ4v) is 3.63. The first-order valence-corrected chi connectivity index (χ1v) is 11.0. The number of hydrogen-bond acceptors (Lipinski definition) is 5. The zero-order valence-electron chi connectivity index (χ0n) is 18.8. The Morgan fingerprint density at radius 2 is 1.82 bits per heavy atom. The molecule has 0 saturated heterocycles. The zero-order valence-corrected chi connectivity index (χ0v) is 18.8. The van der Waals surface area contributed by atoms with Crippen molar-refractivity contribution < 1.29 is 13.9 Å².